The number of hydrogen-bond acceptors (Lipinski definition) is 6. The van der Waals surface area contributed by atoms with Gasteiger partial charge in [-0.3, -0.25) is 19.4 Å². The smallest absolute Gasteiger partial charge is 0.253 e. The molecule has 0 atom stereocenters. The molecule has 5 rings (SSSR count). The van der Waals surface area contributed by atoms with Gasteiger partial charge in [-0.05, 0) is 37.8 Å². The highest BCUT2D eigenvalue weighted by Gasteiger charge is 2.25. The Morgan fingerprint density at radius 2 is 2.00 bits per heavy atom. The molecule has 0 aliphatic heterocycles. The summed E-state index contributed by atoms with van der Waals surface area (Å²) in [5, 5.41) is 7.75. The highest BCUT2D eigenvalue weighted by atomic mass is 32.1. The molecule has 146 valence electrons. The van der Waals surface area contributed by atoms with Crippen LogP contribution in [0.15, 0.2) is 54.7 Å². The van der Waals surface area contributed by atoms with E-state index in [4.69, 9.17) is 0 Å². The summed E-state index contributed by atoms with van der Waals surface area (Å²) >= 11 is 1.51. The van der Waals surface area contributed by atoms with E-state index in [1.807, 2.05) is 35.3 Å². The Morgan fingerprint density at radius 3 is 2.83 bits per heavy atom. The molecule has 0 saturated heterocycles. The third-order valence-electron chi connectivity index (χ3n) is 5.47. The molecule has 1 aliphatic rings. The molecule has 3 aromatic heterocycles. The van der Waals surface area contributed by atoms with Gasteiger partial charge in [0.1, 0.15) is 0 Å². The molecule has 7 nitrogen and oxygen atoms in total. The highest BCUT2D eigenvalue weighted by molar-refractivity contribution is 7.17. The van der Waals surface area contributed by atoms with E-state index in [0.29, 0.717) is 11.6 Å². The first-order chi connectivity index (χ1) is 14.3. The van der Waals surface area contributed by atoms with Crippen molar-refractivity contribution in [2.45, 2.75) is 37.8 Å². The van der Waals surface area contributed by atoms with Gasteiger partial charge in [0, 0.05) is 30.2 Å². The minimum absolute atomic E-state index is 0.00710. The number of carbonyl (C=O) groups excluding carboxylic acids is 1. The summed E-state index contributed by atoms with van der Waals surface area (Å²) in [6, 6.07) is 6.24. The van der Waals surface area contributed by atoms with Gasteiger partial charge < -0.3 is 5.32 Å². The predicted molar refractivity (Wildman–Crippen MR) is 112 cm³/mol. The second-order valence-corrected chi connectivity index (χ2v) is 8.14. The van der Waals surface area contributed by atoms with Crippen molar-refractivity contribution in [1.29, 1.82) is 0 Å². The van der Waals surface area contributed by atoms with Gasteiger partial charge in [0.25, 0.3) is 5.91 Å². The van der Waals surface area contributed by atoms with Crippen molar-refractivity contribution in [3.05, 3.63) is 60.3 Å². The van der Waals surface area contributed by atoms with Gasteiger partial charge in [-0.15, -0.1) is 11.3 Å². The van der Waals surface area contributed by atoms with Crippen LogP contribution in [0.5, 0.6) is 0 Å². The van der Waals surface area contributed by atoms with Gasteiger partial charge in [0.05, 0.1) is 45.4 Å². The zero-order valence-electron chi connectivity index (χ0n) is 15.7. The largest absolute Gasteiger partial charge is 0.349 e. The average Bonchev–Trinajstić information content (AvgIpc) is 3.44. The summed E-state index contributed by atoms with van der Waals surface area (Å²) in [5.41, 5.74) is 5.19. The van der Waals surface area contributed by atoms with E-state index < -0.39 is 0 Å². The van der Waals surface area contributed by atoms with Crippen molar-refractivity contribution in [1.82, 2.24) is 30.0 Å². The van der Waals surface area contributed by atoms with Crippen molar-refractivity contribution < 1.29 is 4.79 Å². The fourth-order valence-corrected chi connectivity index (χ4v) is 4.73. The van der Waals surface area contributed by atoms with E-state index in [2.05, 4.69) is 25.4 Å². The summed E-state index contributed by atoms with van der Waals surface area (Å²) in [4.78, 5) is 25.5. The summed E-state index contributed by atoms with van der Waals surface area (Å²) in [5.74, 6) is -0.00710. The second kappa shape index (κ2) is 7.71. The zero-order chi connectivity index (χ0) is 19.6. The van der Waals surface area contributed by atoms with E-state index in [0.717, 1.165) is 47.2 Å². The van der Waals surface area contributed by atoms with Crippen LogP contribution >= 0.6 is 11.3 Å². The maximum Gasteiger partial charge on any atom is 0.253 e. The number of thiazole rings is 1. The van der Waals surface area contributed by atoms with E-state index in [1.54, 1.807) is 24.1 Å². The maximum absolute atomic E-state index is 12.8. The van der Waals surface area contributed by atoms with Crippen LogP contribution in [0.25, 0.3) is 21.5 Å². The van der Waals surface area contributed by atoms with E-state index in [1.165, 1.54) is 11.3 Å². The molecule has 1 fully saturated rings. The molecule has 1 aliphatic carbocycles. The van der Waals surface area contributed by atoms with Crippen LogP contribution in [-0.4, -0.2) is 36.7 Å². The van der Waals surface area contributed by atoms with Gasteiger partial charge in [0.2, 0.25) is 0 Å². The van der Waals surface area contributed by atoms with Crippen LogP contribution in [0.1, 0.15) is 42.1 Å². The van der Waals surface area contributed by atoms with Gasteiger partial charge in [0.15, 0.2) is 0 Å². The Hall–Kier alpha value is -3.13. The van der Waals surface area contributed by atoms with Crippen LogP contribution in [0, 0.1) is 0 Å². The molecule has 1 N–H and O–H groups in total. The molecule has 29 heavy (non-hydrogen) atoms. The number of nitrogens with one attached hydrogen (secondary N) is 1. The fourth-order valence-electron chi connectivity index (χ4n) is 3.93. The Bertz CT molecular complexity index is 1130. The number of fused-ring (bicyclic) bond motifs is 1. The number of rotatable bonds is 4. The van der Waals surface area contributed by atoms with Crippen molar-refractivity contribution in [2.24, 2.45) is 0 Å². The summed E-state index contributed by atoms with van der Waals surface area (Å²) < 4.78 is 2.98. The Kier molecular flexibility index (Phi) is 4.77. The predicted octanol–water partition coefficient (Wildman–Crippen LogP) is 3.86. The van der Waals surface area contributed by atoms with Crippen molar-refractivity contribution >= 4 is 27.5 Å². The lowest BCUT2D eigenvalue weighted by Gasteiger charge is -2.29. The molecule has 0 bridgehead atoms. The molecule has 1 aromatic carbocycles. The van der Waals surface area contributed by atoms with Crippen LogP contribution in [0.2, 0.25) is 0 Å². The quantitative estimate of drug-likeness (QED) is 0.558. The lowest BCUT2D eigenvalue weighted by molar-refractivity contribution is 0.0923. The second-order valence-electron chi connectivity index (χ2n) is 7.28. The van der Waals surface area contributed by atoms with Crippen molar-refractivity contribution in [3.8, 4) is 11.3 Å². The van der Waals surface area contributed by atoms with Gasteiger partial charge in [-0.2, -0.15) is 5.10 Å². The first-order valence-corrected chi connectivity index (χ1v) is 10.6. The highest BCUT2D eigenvalue weighted by Crippen LogP contribution is 2.30. The topological polar surface area (TPSA) is 85.6 Å². The van der Waals surface area contributed by atoms with E-state index in [-0.39, 0.29) is 11.9 Å². The van der Waals surface area contributed by atoms with Crippen molar-refractivity contribution in [3.63, 3.8) is 0 Å². The molecule has 0 unspecified atom stereocenters. The van der Waals surface area contributed by atoms with Crippen LogP contribution in [0.4, 0.5) is 0 Å². The van der Waals surface area contributed by atoms with Gasteiger partial charge >= 0.3 is 0 Å². The minimum Gasteiger partial charge on any atom is -0.349 e. The first kappa shape index (κ1) is 17.9. The normalized spacial score (nSPS) is 19.3. The number of hydrogen-bond donors (Lipinski definition) is 1. The van der Waals surface area contributed by atoms with E-state index >= 15 is 0 Å². The molecule has 8 heteroatoms. The summed E-state index contributed by atoms with van der Waals surface area (Å²) in [6.45, 7) is 0. The Morgan fingerprint density at radius 1 is 1.10 bits per heavy atom. The molecular formula is C21H20N6OS. The lowest BCUT2D eigenvalue weighted by Crippen LogP contribution is -2.38. The first-order valence-electron chi connectivity index (χ1n) is 9.71. The molecule has 0 radical (unpaired) electrons. The SMILES string of the molecule is O=C(NC1CCC(n2cc(-c3cnccn3)cn2)CC1)c1cccc2ncsc12. The standard InChI is InChI=1S/C21H20N6OS/c28-21(17-2-1-3-18-20(17)29-13-24-18)26-15-4-6-16(7-5-15)27-12-14(10-25-27)19-11-22-8-9-23-19/h1-3,8-13,15-16H,4-7H2,(H,26,28). The monoisotopic (exact) mass is 404 g/mol. The number of amides is 1. The fraction of sp³-hybridized carbons (Fsp3) is 0.286. The summed E-state index contributed by atoms with van der Waals surface area (Å²) in [6.07, 6.45) is 12.8. The molecule has 3 heterocycles. The lowest BCUT2D eigenvalue weighted by atomic mass is 9.91. The number of benzene rings is 1. The minimum atomic E-state index is -0.00710. The molecule has 4 aromatic rings. The number of carbonyl (C=O) groups is 1. The third-order valence-corrected chi connectivity index (χ3v) is 6.34. The van der Waals surface area contributed by atoms with Crippen LogP contribution < -0.4 is 5.32 Å². The van der Waals surface area contributed by atoms with Crippen LogP contribution in [0.3, 0.4) is 0 Å². The number of nitrogens with zero attached hydrogens (tertiary/aromatic N) is 5. The number of aromatic nitrogens is 5. The van der Waals surface area contributed by atoms with Crippen LogP contribution in [-0.2, 0) is 0 Å². The zero-order valence-corrected chi connectivity index (χ0v) is 16.5. The molecular weight excluding hydrogens is 384 g/mol. The molecule has 1 saturated carbocycles. The Labute approximate surface area is 171 Å². The molecule has 1 amide bonds. The molecule has 0 spiro atoms. The van der Waals surface area contributed by atoms with E-state index in [9.17, 15) is 4.79 Å². The van der Waals surface area contributed by atoms with Crippen molar-refractivity contribution in [2.75, 3.05) is 0 Å². The van der Waals surface area contributed by atoms with Gasteiger partial charge in [-0.25, -0.2) is 4.98 Å². The third kappa shape index (κ3) is 3.63. The average molecular weight is 404 g/mol. The maximum atomic E-state index is 12.8. The summed E-state index contributed by atoms with van der Waals surface area (Å²) in [7, 11) is 0. The van der Waals surface area contributed by atoms with Gasteiger partial charge in [-0.1, -0.05) is 6.07 Å². The Balaban J connectivity index is 1.21.